The lowest BCUT2D eigenvalue weighted by Gasteiger charge is -1.98. The molecule has 0 aliphatic heterocycles. The van der Waals surface area contributed by atoms with E-state index >= 15 is 0 Å². The van der Waals surface area contributed by atoms with E-state index in [0.717, 1.165) is 11.3 Å². The molecule has 25 heavy (non-hydrogen) atoms. The molecule has 0 atom stereocenters. The van der Waals surface area contributed by atoms with Crippen LogP contribution in [0.5, 0.6) is 0 Å². The van der Waals surface area contributed by atoms with Gasteiger partial charge in [0.05, 0.1) is 20.1 Å². The van der Waals surface area contributed by atoms with E-state index in [2.05, 4.69) is 4.99 Å². The number of nitro benzene ring substituents is 2. The van der Waals surface area contributed by atoms with Crippen LogP contribution in [0.2, 0.25) is 0 Å². The summed E-state index contributed by atoms with van der Waals surface area (Å²) in [6.45, 7) is 0. The molecule has 1 heterocycles. The van der Waals surface area contributed by atoms with Crippen LogP contribution in [-0.2, 0) is 7.05 Å². The van der Waals surface area contributed by atoms with Gasteiger partial charge in [0.25, 0.3) is 17.3 Å². The summed E-state index contributed by atoms with van der Waals surface area (Å²) in [5.41, 5.74) is 0.0392. The molecule has 126 valence electrons. The van der Waals surface area contributed by atoms with Gasteiger partial charge in [-0.25, -0.2) is 0 Å². The quantitative estimate of drug-likeness (QED) is 0.526. The highest BCUT2D eigenvalue weighted by molar-refractivity contribution is 7.16. The first kappa shape index (κ1) is 16.5. The van der Waals surface area contributed by atoms with E-state index in [1.165, 1.54) is 36.4 Å². The molecule has 0 aliphatic rings. The van der Waals surface area contributed by atoms with Gasteiger partial charge in [-0.1, -0.05) is 23.5 Å². The molecular weight excluding hydrogens is 348 g/mol. The van der Waals surface area contributed by atoms with E-state index in [4.69, 9.17) is 0 Å². The summed E-state index contributed by atoms with van der Waals surface area (Å²) < 4.78 is 2.25. The SMILES string of the molecule is Cn1c(=NC(=O)c2ccccc2[N+](=O)[O-])sc2ccc([N+](=O)[O-])cc21. The topological polar surface area (TPSA) is 121 Å². The maximum Gasteiger partial charge on any atom is 0.286 e. The molecule has 0 saturated carbocycles. The van der Waals surface area contributed by atoms with Gasteiger partial charge in [-0.3, -0.25) is 25.0 Å². The second-order valence-electron chi connectivity index (χ2n) is 5.04. The molecule has 0 unspecified atom stereocenters. The Kier molecular flexibility index (Phi) is 4.11. The smallest absolute Gasteiger partial charge is 0.286 e. The van der Waals surface area contributed by atoms with E-state index in [9.17, 15) is 25.0 Å². The summed E-state index contributed by atoms with van der Waals surface area (Å²) in [6, 6.07) is 9.88. The Labute approximate surface area is 143 Å². The maximum absolute atomic E-state index is 12.4. The van der Waals surface area contributed by atoms with Crippen molar-refractivity contribution in [1.29, 1.82) is 0 Å². The van der Waals surface area contributed by atoms with Gasteiger partial charge in [0.2, 0.25) is 0 Å². The molecule has 9 nitrogen and oxygen atoms in total. The van der Waals surface area contributed by atoms with E-state index in [1.807, 2.05) is 0 Å². The number of aryl methyl sites for hydroxylation is 1. The van der Waals surface area contributed by atoms with Gasteiger partial charge in [0.1, 0.15) is 5.56 Å². The molecule has 0 fully saturated rings. The van der Waals surface area contributed by atoms with Crippen LogP contribution in [0.15, 0.2) is 47.5 Å². The van der Waals surface area contributed by atoms with Gasteiger partial charge in [-0.05, 0) is 12.1 Å². The Balaban J connectivity index is 2.13. The van der Waals surface area contributed by atoms with Gasteiger partial charge >= 0.3 is 0 Å². The number of aromatic nitrogens is 1. The number of hydrogen-bond donors (Lipinski definition) is 0. The minimum atomic E-state index is -0.746. The Morgan fingerprint density at radius 2 is 1.84 bits per heavy atom. The second kappa shape index (κ2) is 6.24. The molecular formula is C15H10N4O5S. The van der Waals surface area contributed by atoms with Crippen LogP contribution in [0.1, 0.15) is 10.4 Å². The highest BCUT2D eigenvalue weighted by atomic mass is 32.1. The lowest BCUT2D eigenvalue weighted by molar-refractivity contribution is -0.385. The van der Waals surface area contributed by atoms with E-state index in [1.54, 1.807) is 17.7 Å². The number of carbonyl (C=O) groups is 1. The van der Waals surface area contributed by atoms with E-state index < -0.39 is 15.8 Å². The van der Waals surface area contributed by atoms with Crippen LogP contribution in [-0.4, -0.2) is 20.3 Å². The molecule has 0 N–H and O–H groups in total. The third kappa shape index (κ3) is 3.02. The summed E-state index contributed by atoms with van der Waals surface area (Å²) in [5.74, 6) is -0.746. The number of amides is 1. The Bertz CT molecular complexity index is 1100. The van der Waals surface area contributed by atoms with Crippen molar-refractivity contribution >= 4 is 38.8 Å². The van der Waals surface area contributed by atoms with Crippen LogP contribution in [0.25, 0.3) is 10.2 Å². The molecule has 10 heteroatoms. The number of nitro groups is 2. The van der Waals surface area contributed by atoms with Gasteiger partial charge in [0, 0.05) is 25.2 Å². The fourth-order valence-corrected chi connectivity index (χ4v) is 3.29. The van der Waals surface area contributed by atoms with Crippen molar-refractivity contribution in [2.75, 3.05) is 0 Å². The third-order valence-corrected chi connectivity index (χ3v) is 4.64. The average Bonchev–Trinajstić information content (AvgIpc) is 2.90. The molecule has 1 aromatic heterocycles. The Morgan fingerprint density at radius 3 is 2.52 bits per heavy atom. The van der Waals surface area contributed by atoms with Crippen molar-refractivity contribution in [2.45, 2.75) is 0 Å². The average molecular weight is 358 g/mol. The lowest BCUT2D eigenvalue weighted by atomic mass is 10.2. The number of benzene rings is 2. The summed E-state index contributed by atoms with van der Waals surface area (Å²) in [7, 11) is 1.62. The first-order valence-corrected chi connectivity index (χ1v) is 7.76. The zero-order chi connectivity index (χ0) is 18.1. The van der Waals surface area contributed by atoms with Crippen molar-refractivity contribution in [1.82, 2.24) is 4.57 Å². The minimum absolute atomic E-state index is 0.0718. The molecule has 0 radical (unpaired) electrons. The molecule has 2 aromatic carbocycles. The number of nitrogens with zero attached hydrogens (tertiary/aromatic N) is 4. The monoisotopic (exact) mass is 358 g/mol. The number of thiazole rings is 1. The third-order valence-electron chi connectivity index (χ3n) is 3.53. The standard InChI is InChI=1S/C15H10N4O5S/c1-17-12-8-9(18(21)22)6-7-13(12)25-15(17)16-14(20)10-4-2-3-5-11(10)19(23)24/h2-8H,1H3. The maximum atomic E-state index is 12.4. The van der Waals surface area contributed by atoms with Crippen molar-refractivity contribution in [2.24, 2.45) is 12.0 Å². The van der Waals surface area contributed by atoms with Crippen LogP contribution < -0.4 is 4.80 Å². The Morgan fingerprint density at radius 1 is 1.12 bits per heavy atom. The zero-order valence-corrected chi connectivity index (χ0v) is 13.6. The molecule has 3 aromatic rings. The molecule has 0 spiro atoms. The number of hydrogen-bond acceptors (Lipinski definition) is 6. The number of para-hydroxylation sites is 1. The summed E-state index contributed by atoms with van der Waals surface area (Å²) in [5, 5.41) is 21.9. The van der Waals surface area contributed by atoms with Crippen molar-refractivity contribution in [3.05, 3.63) is 73.1 Å². The largest absolute Gasteiger partial charge is 0.319 e. The summed E-state index contributed by atoms with van der Waals surface area (Å²) >= 11 is 1.16. The first-order chi connectivity index (χ1) is 11.9. The van der Waals surface area contributed by atoms with Gasteiger partial charge in [0.15, 0.2) is 4.80 Å². The molecule has 1 amide bonds. The van der Waals surface area contributed by atoms with Gasteiger partial charge < -0.3 is 4.57 Å². The van der Waals surface area contributed by atoms with Crippen molar-refractivity contribution < 1.29 is 14.6 Å². The van der Waals surface area contributed by atoms with Gasteiger partial charge in [-0.2, -0.15) is 4.99 Å². The van der Waals surface area contributed by atoms with Crippen LogP contribution in [0.3, 0.4) is 0 Å². The second-order valence-corrected chi connectivity index (χ2v) is 6.05. The number of fused-ring (bicyclic) bond motifs is 1. The van der Waals surface area contributed by atoms with Gasteiger partial charge in [-0.15, -0.1) is 0 Å². The number of carbonyl (C=O) groups excluding carboxylic acids is 1. The number of rotatable bonds is 3. The van der Waals surface area contributed by atoms with Crippen LogP contribution in [0.4, 0.5) is 11.4 Å². The van der Waals surface area contributed by atoms with E-state index in [-0.39, 0.29) is 16.9 Å². The predicted molar refractivity (Wildman–Crippen MR) is 90.4 cm³/mol. The van der Waals surface area contributed by atoms with E-state index in [0.29, 0.717) is 15.0 Å². The minimum Gasteiger partial charge on any atom is -0.319 e. The predicted octanol–water partition coefficient (Wildman–Crippen LogP) is 2.80. The highest BCUT2D eigenvalue weighted by Crippen LogP contribution is 2.23. The van der Waals surface area contributed by atoms with Crippen LogP contribution >= 0.6 is 11.3 Å². The molecule has 0 bridgehead atoms. The number of non-ortho nitro benzene ring substituents is 1. The normalized spacial score (nSPS) is 11.6. The molecule has 3 rings (SSSR count). The first-order valence-electron chi connectivity index (χ1n) is 6.95. The molecule has 0 saturated heterocycles. The lowest BCUT2D eigenvalue weighted by Crippen LogP contribution is -2.14. The summed E-state index contributed by atoms with van der Waals surface area (Å²) in [4.78, 5) is 37.4. The fourth-order valence-electron chi connectivity index (χ4n) is 2.30. The van der Waals surface area contributed by atoms with Crippen molar-refractivity contribution in [3.8, 4) is 0 Å². The summed E-state index contributed by atoms with van der Waals surface area (Å²) in [6.07, 6.45) is 0. The zero-order valence-electron chi connectivity index (χ0n) is 12.8. The molecule has 0 aliphatic carbocycles. The Hall–Kier alpha value is -3.40. The van der Waals surface area contributed by atoms with Crippen molar-refractivity contribution in [3.63, 3.8) is 0 Å². The highest BCUT2D eigenvalue weighted by Gasteiger charge is 2.19. The van der Waals surface area contributed by atoms with Crippen LogP contribution in [0, 0.1) is 20.2 Å². The fraction of sp³-hybridized carbons (Fsp3) is 0.0667.